The molecule has 0 atom stereocenters. The van der Waals surface area contributed by atoms with Crippen LogP contribution in [0.3, 0.4) is 0 Å². The molecule has 0 saturated heterocycles. The monoisotopic (exact) mass is 360 g/mol. The number of amides is 2. The Labute approximate surface area is 151 Å². The summed E-state index contributed by atoms with van der Waals surface area (Å²) in [5.41, 5.74) is 0.572. The molecule has 0 unspecified atom stereocenters. The maximum atomic E-state index is 13.6. The van der Waals surface area contributed by atoms with E-state index in [1.54, 1.807) is 24.3 Å². The van der Waals surface area contributed by atoms with E-state index in [0.717, 1.165) is 0 Å². The summed E-state index contributed by atoms with van der Waals surface area (Å²) < 4.78 is 24.1. The van der Waals surface area contributed by atoms with Crippen LogP contribution in [0.25, 0.3) is 0 Å². The fourth-order valence-electron chi connectivity index (χ4n) is 2.48. The lowest BCUT2D eigenvalue weighted by Gasteiger charge is -2.22. The van der Waals surface area contributed by atoms with Crippen LogP contribution in [0.4, 0.5) is 10.1 Å². The van der Waals surface area contributed by atoms with E-state index in [2.05, 4.69) is 5.32 Å². The first kappa shape index (κ1) is 19.2. The number of nitrogens with one attached hydrogen (secondary N) is 1. The van der Waals surface area contributed by atoms with Crippen molar-refractivity contribution < 1.29 is 23.5 Å². The predicted octanol–water partition coefficient (Wildman–Crippen LogP) is 2.63. The Morgan fingerprint density at radius 2 is 1.77 bits per heavy atom. The van der Waals surface area contributed by atoms with Crippen LogP contribution in [0, 0.1) is 5.82 Å². The highest BCUT2D eigenvalue weighted by atomic mass is 19.1. The molecular formula is C19H21FN2O4. The first-order chi connectivity index (χ1) is 12.5. The zero-order chi connectivity index (χ0) is 19.1. The molecule has 2 aromatic carbocycles. The normalized spacial score (nSPS) is 10.2. The van der Waals surface area contributed by atoms with E-state index < -0.39 is 11.7 Å². The molecule has 0 aliphatic heterocycles. The minimum absolute atomic E-state index is 0.0343. The standard InChI is InChI=1S/C19H21FN2O4/c1-13(23)22(14-8-9-17(25-2)18(12-14)26-3)11-10-21-19(24)15-6-4-5-7-16(15)20/h4-9,12H,10-11H2,1-3H3,(H,21,24). The summed E-state index contributed by atoms with van der Waals surface area (Å²) in [4.78, 5) is 25.5. The zero-order valence-electron chi connectivity index (χ0n) is 14.9. The molecule has 1 N–H and O–H groups in total. The second-order valence-corrected chi connectivity index (χ2v) is 5.45. The number of ether oxygens (including phenoxy) is 2. The maximum Gasteiger partial charge on any atom is 0.254 e. The zero-order valence-corrected chi connectivity index (χ0v) is 14.9. The summed E-state index contributed by atoms with van der Waals surface area (Å²) in [6, 6.07) is 10.8. The molecule has 0 aliphatic carbocycles. The third kappa shape index (κ3) is 4.50. The van der Waals surface area contributed by atoms with Crippen LogP contribution in [-0.4, -0.2) is 39.1 Å². The topological polar surface area (TPSA) is 67.9 Å². The van der Waals surface area contributed by atoms with Crippen molar-refractivity contribution in [2.24, 2.45) is 0 Å². The molecule has 2 rings (SSSR count). The fourth-order valence-corrected chi connectivity index (χ4v) is 2.48. The van der Waals surface area contributed by atoms with Crippen molar-refractivity contribution in [3.63, 3.8) is 0 Å². The number of benzene rings is 2. The first-order valence-electron chi connectivity index (χ1n) is 8.00. The van der Waals surface area contributed by atoms with Gasteiger partial charge >= 0.3 is 0 Å². The molecule has 0 bridgehead atoms. The number of methoxy groups -OCH3 is 2. The van der Waals surface area contributed by atoms with Gasteiger partial charge in [0.25, 0.3) is 5.91 Å². The number of carbonyl (C=O) groups excluding carboxylic acids is 2. The minimum Gasteiger partial charge on any atom is -0.493 e. The molecule has 0 aliphatic rings. The molecule has 26 heavy (non-hydrogen) atoms. The Kier molecular flexibility index (Phi) is 6.54. The molecule has 0 spiro atoms. The summed E-state index contributed by atoms with van der Waals surface area (Å²) in [5.74, 6) is -0.274. The molecule has 0 heterocycles. The Morgan fingerprint density at radius 3 is 2.38 bits per heavy atom. The summed E-state index contributed by atoms with van der Waals surface area (Å²) >= 11 is 0. The van der Waals surface area contributed by atoms with E-state index in [1.165, 1.54) is 44.2 Å². The molecule has 0 saturated carbocycles. The Bertz CT molecular complexity index is 795. The Morgan fingerprint density at radius 1 is 1.08 bits per heavy atom. The minimum atomic E-state index is -0.590. The second kappa shape index (κ2) is 8.84. The van der Waals surface area contributed by atoms with Gasteiger partial charge in [0.2, 0.25) is 5.91 Å². The van der Waals surface area contributed by atoms with Gasteiger partial charge in [-0.05, 0) is 24.3 Å². The average Bonchev–Trinajstić information content (AvgIpc) is 2.64. The highest BCUT2D eigenvalue weighted by Crippen LogP contribution is 2.31. The largest absolute Gasteiger partial charge is 0.493 e. The SMILES string of the molecule is COc1ccc(N(CCNC(=O)c2ccccc2F)C(C)=O)cc1OC. The average molecular weight is 360 g/mol. The van der Waals surface area contributed by atoms with Crippen LogP contribution >= 0.6 is 0 Å². The van der Waals surface area contributed by atoms with Crippen molar-refractivity contribution in [3.8, 4) is 11.5 Å². The van der Waals surface area contributed by atoms with Gasteiger partial charge < -0.3 is 19.7 Å². The molecule has 7 heteroatoms. The number of rotatable bonds is 7. The highest BCUT2D eigenvalue weighted by molar-refractivity contribution is 5.95. The van der Waals surface area contributed by atoms with Crippen molar-refractivity contribution in [1.82, 2.24) is 5.32 Å². The lowest BCUT2D eigenvalue weighted by Crippen LogP contribution is -2.37. The number of anilines is 1. The molecule has 0 fully saturated rings. The number of carbonyl (C=O) groups is 2. The summed E-state index contributed by atoms with van der Waals surface area (Å²) in [6.07, 6.45) is 0. The van der Waals surface area contributed by atoms with E-state index in [0.29, 0.717) is 17.2 Å². The molecular weight excluding hydrogens is 339 g/mol. The third-order valence-electron chi connectivity index (χ3n) is 3.80. The van der Waals surface area contributed by atoms with Crippen molar-refractivity contribution in [2.75, 3.05) is 32.2 Å². The van der Waals surface area contributed by atoms with Gasteiger partial charge in [0.1, 0.15) is 5.82 Å². The second-order valence-electron chi connectivity index (χ2n) is 5.45. The lowest BCUT2D eigenvalue weighted by atomic mass is 10.2. The smallest absolute Gasteiger partial charge is 0.254 e. The third-order valence-corrected chi connectivity index (χ3v) is 3.80. The van der Waals surface area contributed by atoms with Crippen LogP contribution < -0.4 is 19.7 Å². The number of halogens is 1. The van der Waals surface area contributed by atoms with Crippen molar-refractivity contribution in [1.29, 1.82) is 0 Å². The van der Waals surface area contributed by atoms with E-state index >= 15 is 0 Å². The van der Waals surface area contributed by atoms with E-state index in [4.69, 9.17) is 9.47 Å². The Balaban J connectivity index is 2.06. The van der Waals surface area contributed by atoms with Crippen LogP contribution in [0.2, 0.25) is 0 Å². The van der Waals surface area contributed by atoms with Gasteiger partial charge in [-0.15, -0.1) is 0 Å². The molecule has 138 valence electrons. The van der Waals surface area contributed by atoms with Gasteiger partial charge in [0.15, 0.2) is 11.5 Å². The molecule has 6 nitrogen and oxygen atoms in total. The fraction of sp³-hybridized carbons (Fsp3) is 0.263. The van der Waals surface area contributed by atoms with Gasteiger partial charge in [0, 0.05) is 31.8 Å². The molecule has 0 radical (unpaired) electrons. The van der Waals surface area contributed by atoms with Gasteiger partial charge in [-0.25, -0.2) is 4.39 Å². The maximum absolute atomic E-state index is 13.6. The molecule has 0 aromatic heterocycles. The summed E-state index contributed by atoms with van der Waals surface area (Å²) in [5, 5.41) is 2.62. The predicted molar refractivity (Wildman–Crippen MR) is 96.3 cm³/mol. The Hall–Kier alpha value is -3.09. The van der Waals surface area contributed by atoms with Gasteiger partial charge in [-0.2, -0.15) is 0 Å². The van der Waals surface area contributed by atoms with Crippen molar-refractivity contribution in [3.05, 3.63) is 53.8 Å². The molecule has 2 amide bonds. The lowest BCUT2D eigenvalue weighted by molar-refractivity contribution is -0.116. The van der Waals surface area contributed by atoms with Gasteiger partial charge in [-0.3, -0.25) is 9.59 Å². The summed E-state index contributed by atoms with van der Waals surface area (Å²) in [7, 11) is 3.03. The number of hydrogen-bond donors (Lipinski definition) is 1. The quantitative estimate of drug-likeness (QED) is 0.824. The van der Waals surface area contributed by atoms with E-state index in [9.17, 15) is 14.0 Å². The summed E-state index contributed by atoms with van der Waals surface area (Å²) in [6.45, 7) is 1.82. The highest BCUT2D eigenvalue weighted by Gasteiger charge is 2.16. The number of hydrogen-bond acceptors (Lipinski definition) is 4. The number of nitrogens with zero attached hydrogens (tertiary/aromatic N) is 1. The van der Waals surface area contributed by atoms with Crippen molar-refractivity contribution >= 4 is 17.5 Å². The van der Waals surface area contributed by atoms with Crippen molar-refractivity contribution in [2.45, 2.75) is 6.92 Å². The van der Waals surface area contributed by atoms with Crippen LogP contribution in [0.15, 0.2) is 42.5 Å². The van der Waals surface area contributed by atoms with Crippen LogP contribution in [-0.2, 0) is 4.79 Å². The van der Waals surface area contributed by atoms with Gasteiger partial charge in [0.05, 0.1) is 19.8 Å². The van der Waals surface area contributed by atoms with Crippen LogP contribution in [0.1, 0.15) is 17.3 Å². The van der Waals surface area contributed by atoms with Crippen LogP contribution in [0.5, 0.6) is 11.5 Å². The van der Waals surface area contributed by atoms with Gasteiger partial charge in [-0.1, -0.05) is 12.1 Å². The molecule has 2 aromatic rings. The van der Waals surface area contributed by atoms with E-state index in [1.807, 2.05) is 0 Å². The van der Waals surface area contributed by atoms with E-state index in [-0.39, 0.29) is 24.6 Å². The first-order valence-corrected chi connectivity index (χ1v) is 8.00.